The molecule has 3 atom stereocenters. The molecule has 0 amide bonds. The molecule has 1 fully saturated rings. The molecule has 0 saturated carbocycles. The molecule has 2 aliphatic rings. The first-order chi connectivity index (χ1) is 8.63. The Labute approximate surface area is 108 Å². The van der Waals surface area contributed by atoms with Crippen LogP contribution in [0.5, 0.6) is 0 Å². The number of hydrogen-bond donors (Lipinski definition) is 2. The number of β-amino-alcohol motifs (C(OH)–C–C–N with tert-alkyl or cyclic N) is 1. The van der Waals surface area contributed by atoms with Crippen LogP contribution < -0.4 is 0 Å². The number of likely N-dealkylation sites (tertiary alicyclic amines) is 1. The number of hydrogen-bond acceptors (Lipinski definition) is 3. The fourth-order valence-corrected chi connectivity index (χ4v) is 3.78. The Morgan fingerprint density at radius 1 is 1.39 bits per heavy atom. The third kappa shape index (κ3) is 1.87. The van der Waals surface area contributed by atoms with E-state index in [0.29, 0.717) is 24.9 Å². The SMILES string of the molecule is CN1C[C@@](O)(CO)C[C@H]2c3ccccc3CC[C@H]21. The first kappa shape index (κ1) is 12.2. The average Bonchev–Trinajstić information content (AvgIpc) is 2.38. The van der Waals surface area contributed by atoms with Crippen LogP contribution in [0.1, 0.15) is 29.9 Å². The second-order valence-corrected chi connectivity index (χ2v) is 5.91. The van der Waals surface area contributed by atoms with Gasteiger partial charge in [-0.2, -0.15) is 0 Å². The van der Waals surface area contributed by atoms with Crippen LogP contribution in [0.15, 0.2) is 24.3 Å². The molecule has 1 saturated heterocycles. The summed E-state index contributed by atoms with van der Waals surface area (Å²) in [7, 11) is 2.06. The van der Waals surface area contributed by atoms with Gasteiger partial charge >= 0.3 is 0 Å². The van der Waals surface area contributed by atoms with Gasteiger partial charge in [0, 0.05) is 18.5 Å². The summed E-state index contributed by atoms with van der Waals surface area (Å²) in [6, 6.07) is 9.05. The molecule has 0 radical (unpaired) electrons. The molecule has 0 spiro atoms. The van der Waals surface area contributed by atoms with E-state index in [1.807, 2.05) is 0 Å². The summed E-state index contributed by atoms with van der Waals surface area (Å²) in [6.45, 7) is 0.426. The summed E-state index contributed by atoms with van der Waals surface area (Å²) in [4.78, 5) is 2.22. The maximum absolute atomic E-state index is 10.4. The lowest BCUT2D eigenvalue weighted by atomic mass is 9.70. The lowest BCUT2D eigenvalue weighted by molar-refractivity contribution is -0.0869. The molecule has 1 aliphatic heterocycles. The van der Waals surface area contributed by atoms with Crippen LogP contribution in [-0.2, 0) is 6.42 Å². The zero-order valence-corrected chi connectivity index (χ0v) is 10.8. The van der Waals surface area contributed by atoms with Gasteiger partial charge in [0.05, 0.1) is 6.61 Å². The van der Waals surface area contributed by atoms with Gasteiger partial charge in [0.15, 0.2) is 0 Å². The quantitative estimate of drug-likeness (QED) is 0.782. The summed E-state index contributed by atoms with van der Waals surface area (Å²) >= 11 is 0. The monoisotopic (exact) mass is 247 g/mol. The van der Waals surface area contributed by atoms with Crippen molar-refractivity contribution in [3.63, 3.8) is 0 Å². The second-order valence-electron chi connectivity index (χ2n) is 5.91. The number of likely N-dealkylation sites (N-methyl/N-ethyl adjacent to an activating group) is 1. The number of aryl methyl sites for hydroxylation is 1. The van der Waals surface area contributed by atoms with Gasteiger partial charge in [0.2, 0.25) is 0 Å². The molecule has 1 aliphatic carbocycles. The van der Waals surface area contributed by atoms with Crippen molar-refractivity contribution in [3.05, 3.63) is 35.4 Å². The minimum atomic E-state index is -0.944. The smallest absolute Gasteiger partial charge is 0.101 e. The van der Waals surface area contributed by atoms with Gasteiger partial charge in [0.1, 0.15) is 5.60 Å². The van der Waals surface area contributed by atoms with Crippen LogP contribution in [0.25, 0.3) is 0 Å². The molecular weight excluding hydrogens is 226 g/mol. The molecule has 2 N–H and O–H groups in total. The Kier molecular flexibility index (Phi) is 2.93. The zero-order chi connectivity index (χ0) is 12.8. The maximum Gasteiger partial charge on any atom is 0.101 e. The van der Waals surface area contributed by atoms with E-state index >= 15 is 0 Å². The molecule has 1 heterocycles. The topological polar surface area (TPSA) is 43.7 Å². The number of aliphatic hydroxyl groups is 2. The van der Waals surface area contributed by atoms with Crippen LogP contribution in [0.3, 0.4) is 0 Å². The van der Waals surface area contributed by atoms with Crippen LogP contribution in [0.2, 0.25) is 0 Å². The molecule has 0 bridgehead atoms. The van der Waals surface area contributed by atoms with E-state index in [2.05, 4.69) is 36.2 Å². The van der Waals surface area contributed by atoms with Gasteiger partial charge in [-0.15, -0.1) is 0 Å². The average molecular weight is 247 g/mol. The van der Waals surface area contributed by atoms with Crippen LogP contribution in [0, 0.1) is 0 Å². The van der Waals surface area contributed by atoms with Gasteiger partial charge in [0.25, 0.3) is 0 Å². The highest BCUT2D eigenvalue weighted by molar-refractivity contribution is 5.35. The molecule has 1 aromatic carbocycles. The number of nitrogens with zero attached hydrogens (tertiary/aromatic N) is 1. The van der Waals surface area contributed by atoms with Gasteiger partial charge in [-0.05, 0) is 37.4 Å². The molecule has 3 heteroatoms. The summed E-state index contributed by atoms with van der Waals surface area (Å²) in [5.41, 5.74) is 1.84. The number of piperidine rings is 1. The maximum atomic E-state index is 10.4. The van der Waals surface area contributed by atoms with Crippen molar-refractivity contribution in [2.24, 2.45) is 0 Å². The Hall–Kier alpha value is -0.900. The lowest BCUT2D eigenvalue weighted by Crippen LogP contribution is -2.57. The summed E-state index contributed by atoms with van der Waals surface area (Å²) in [6.07, 6.45) is 2.95. The molecule has 3 rings (SSSR count). The van der Waals surface area contributed by atoms with Crippen molar-refractivity contribution in [2.45, 2.75) is 36.8 Å². The minimum Gasteiger partial charge on any atom is -0.393 e. The van der Waals surface area contributed by atoms with E-state index in [4.69, 9.17) is 0 Å². The number of fused-ring (bicyclic) bond motifs is 3. The van der Waals surface area contributed by atoms with E-state index in [0.717, 1.165) is 12.8 Å². The first-order valence-electron chi connectivity index (χ1n) is 6.74. The molecule has 3 nitrogen and oxygen atoms in total. The number of benzene rings is 1. The molecule has 0 unspecified atom stereocenters. The van der Waals surface area contributed by atoms with Gasteiger partial charge < -0.3 is 10.2 Å². The fourth-order valence-electron chi connectivity index (χ4n) is 3.78. The summed E-state index contributed by atoms with van der Waals surface area (Å²) < 4.78 is 0. The largest absolute Gasteiger partial charge is 0.393 e. The third-order valence-corrected chi connectivity index (χ3v) is 4.63. The Morgan fingerprint density at radius 2 is 2.17 bits per heavy atom. The van der Waals surface area contributed by atoms with Crippen LogP contribution >= 0.6 is 0 Å². The Balaban J connectivity index is 1.98. The van der Waals surface area contributed by atoms with Crippen molar-refractivity contribution in [3.8, 4) is 0 Å². The standard InChI is InChI=1S/C15H21NO2/c1-16-9-15(18,10-17)8-13-12-5-3-2-4-11(12)6-7-14(13)16/h2-5,13-14,17-18H,6-10H2,1H3/t13-,14+,15+/m0/s1. The van der Waals surface area contributed by atoms with E-state index in [1.54, 1.807) is 0 Å². The fraction of sp³-hybridized carbons (Fsp3) is 0.600. The highest BCUT2D eigenvalue weighted by atomic mass is 16.3. The van der Waals surface area contributed by atoms with Crippen molar-refractivity contribution in [1.82, 2.24) is 4.90 Å². The van der Waals surface area contributed by atoms with E-state index < -0.39 is 5.60 Å². The minimum absolute atomic E-state index is 0.150. The zero-order valence-electron chi connectivity index (χ0n) is 10.8. The molecule has 18 heavy (non-hydrogen) atoms. The molecule has 0 aromatic heterocycles. The summed E-state index contributed by atoms with van der Waals surface area (Å²) in [5.74, 6) is 0.353. The molecule has 1 aromatic rings. The lowest BCUT2D eigenvalue weighted by Gasteiger charge is -2.49. The van der Waals surface area contributed by atoms with Crippen molar-refractivity contribution in [2.75, 3.05) is 20.2 Å². The summed E-state index contributed by atoms with van der Waals surface area (Å²) in [5, 5.41) is 19.9. The van der Waals surface area contributed by atoms with Crippen molar-refractivity contribution >= 4 is 0 Å². The van der Waals surface area contributed by atoms with Gasteiger partial charge in [-0.1, -0.05) is 24.3 Å². The van der Waals surface area contributed by atoms with E-state index in [9.17, 15) is 10.2 Å². The first-order valence-corrected chi connectivity index (χ1v) is 6.74. The third-order valence-electron chi connectivity index (χ3n) is 4.63. The molecule has 98 valence electrons. The second kappa shape index (κ2) is 4.34. The Bertz CT molecular complexity index is 448. The highest BCUT2D eigenvalue weighted by Crippen LogP contribution is 2.42. The predicted molar refractivity (Wildman–Crippen MR) is 70.6 cm³/mol. The van der Waals surface area contributed by atoms with Gasteiger partial charge in [-0.3, -0.25) is 4.90 Å². The van der Waals surface area contributed by atoms with Crippen LogP contribution in [0.4, 0.5) is 0 Å². The number of rotatable bonds is 1. The Morgan fingerprint density at radius 3 is 2.94 bits per heavy atom. The normalized spacial score (nSPS) is 35.9. The van der Waals surface area contributed by atoms with Gasteiger partial charge in [-0.25, -0.2) is 0 Å². The van der Waals surface area contributed by atoms with E-state index in [1.165, 1.54) is 11.1 Å². The highest BCUT2D eigenvalue weighted by Gasteiger charge is 2.44. The van der Waals surface area contributed by atoms with Crippen molar-refractivity contribution < 1.29 is 10.2 Å². The molecular formula is C15H21NO2. The predicted octanol–water partition coefficient (Wildman–Crippen LogP) is 1.14. The van der Waals surface area contributed by atoms with Crippen LogP contribution in [-0.4, -0.2) is 47.0 Å². The number of aliphatic hydroxyl groups excluding tert-OH is 1. The van der Waals surface area contributed by atoms with Crippen molar-refractivity contribution in [1.29, 1.82) is 0 Å². The van der Waals surface area contributed by atoms with E-state index in [-0.39, 0.29) is 6.61 Å².